The lowest BCUT2D eigenvalue weighted by Crippen LogP contribution is -1.88. The van der Waals surface area contributed by atoms with Gasteiger partial charge in [-0.1, -0.05) is 23.2 Å². The third kappa shape index (κ3) is 2.84. The molecule has 0 saturated heterocycles. The Bertz CT molecular complexity index is 173. The molecule has 0 spiro atoms. The topological polar surface area (TPSA) is 34.1 Å². The van der Waals surface area contributed by atoms with Crippen LogP contribution in [0.25, 0.3) is 0 Å². The third-order valence-electron chi connectivity index (χ3n) is 0.486. The quantitative estimate of drug-likeness (QED) is 0.374. The predicted molar refractivity (Wildman–Crippen MR) is 35.7 cm³/mol. The summed E-state index contributed by atoms with van der Waals surface area (Å²) in [5, 5.41) is -1.77. The molecule has 0 saturated carbocycles. The van der Waals surface area contributed by atoms with Crippen LogP contribution in [0.1, 0.15) is 0 Å². The largest absolute Gasteiger partial charge is 0.297 e. The van der Waals surface area contributed by atoms with E-state index in [1.165, 1.54) is 0 Å². The molecule has 2 nitrogen and oxygen atoms in total. The number of hydrogen-bond acceptors (Lipinski definition) is 2. The zero-order valence-corrected chi connectivity index (χ0v) is 6.30. The Hall–Kier alpha value is -0.0500. The SMILES string of the molecule is O=C/C(Cl)=C(/Cl)C(=O)Cl. The Morgan fingerprint density at radius 2 is 1.67 bits per heavy atom. The van der Waals surface area contributed by atoms with Crippen LogP contribution < -0.4 is 0 Å². The van der Waals surface area contributed by atoms with Crippen LogP contribution in [-0.4, -0.2) is 11.5 Å². The Morgan fingerprint density at radius 1 is 1.22 bits per heavy atom. The minimum absolute atomic E-state index is 0.240. The molecule has 0 aromatic heterocycles. The number of halogens is 3. The van der Waals surface area contributed by atoms with Crippen LogP contribution in [0.2, 0.25) is 0 Å². The molecule has 0 unspecified atom stereocenters. The van der Waals surface area contributed by atoms with Gasteiger partial charge in [0.1, 0.15) is 10.1 Å². The van der Waals surface area contributed by atoms with Crippen molar-refractivity contribution in [1.82, 2.24) is 0 Å². The van der Waals surface area contributed by atoms with Crippen molar-refractivity contribution in [2.75, 3.05) is 0 Å². The molecule has 0 N–H and O–H groups in total. The van der Waals surface area contributed by atoms with Crippen molar-refractivity contribution in [3.05, 3.63) is 10.1 Å². The highest BCUT2D eigenvalue weighted by molar-refractivity contribution is 6.75. The van der Waals surface area contributed by atoms with Crippen LogP contribution in [0.5, 0.6) is 0 Å². The molecule has 0 radical (unpaired) electrons. The fourth-order valence-corrected chi connectivity index (χ4v) is 0.426. The number of allylic oxidation sites excluding steroid dienone is 2. The van der Waals surface area contributed by atoms with Crippen LogP contribution >= 0.6 is 34.8 Å². The van der Waals surface area contributed by atoms with Crippen LogP contribution in [0.3, 0.4) is 0 Å². The van der Waals surface area contributed by atoms with E-state index in [2.05, 4.69) is 0 Å². The molecule has 0 aromatic carbocycles. The van der Waals surface area contributed by atoms with Gasteiger partial charge in [-0.25, -0.2) is 0 Å². The zero-order valence-electron chi connectivity index (χ0n) is 4.03. The first-order valence-corrected chi connectivity index (χ1v) is 2.93. The monoisotopic (exact) mass is 186 g/mol. The Kier molecular flexibility index (Phi) is 3.86. The first-order chi connectivity index (χ1) is 4.09. The minimum atomic E-state index is -0.936. The highest BCUT2D eigenvalue weighted by Gasteiger charge is 2.06. The molecule has 0 amide bonds. The summed E-state index contributed by atoms with van der Waals surface area (Å²) in [6.45, 7) is 0. The smallest absolute Gasteiger partial charge is 0.265 e. The summed E-state index contributed by atoms with van der Waals surface area (Å²) < 4.78 is 0. The Morgan fingerprint density at radius 3 is 1.78 bits per heavy atom. The molecule has 0 aromatic rings. The summed E-state index contributed by atoms with van der Waals surface area (Å²) in [6.07, 6.45) is 0.240. The fraction of sp³-hybridized carbons (Fsp3) is 0. The summed E-state index contributed by atoms with van der Waals surface area (Å²) in [7, 11) is 0. The van der Waals surface area contributed by atoms with Gasteiger partial charge < -0.3 is 0 Å². The summed E-state index contributed by atoms with van der Waals surface area (Å²) in [5.74, 6) is 0. The van der Waals surface area contributed by atoms with E-state index in [9.17, 15) is 9.59 Å². The number of hydrogen-bond donors (Lipinski definition) is 0. The van der Waals surface area contributed by atoms with Crippen LogP contribution in [0, 0.1) is 0 Å². The van der Waals surface area contributed by atoms with Gasteiger partial charge in [-0.2, -0.15) is 0 Å². The van der Waals surface area contributed by atoms with E-state index in [1.807, 2.05) is 0 Å². The highest BCUT2D eigenvalue weighted by atomic mass is 35.5. The van der Waals surface area contributed by atoms with Gasteiger partial charge >= 0.3 is 0 Å². The van der Waals surface area contributed by atoms with Gasteiger partial charge in [0.25, 0.3) is 5.24 Å². The Labute approximate surface area is 66.4 Å². The fourth-order valence-electron chi connectivity index (χ4n) is 0.146. The van der Waals surface area contributed by atoms with E-state index in [-0.39, 0.29) is 11.3 Å². The summed E-state index contributed by atoms with van der Waals surface area (Å²) in [6, 6.07) is 0. The number of rotatable bonds is 2. The summed E-state index contributed by atoms with van der Waals surface area (Å²) in [5.41, 5.74) is 0. The van der Waals surface area contributed by atoms with Gasteiger partial charge in [-0.3, -0.25) is 9.59 Å². The van der Waals surface area contributed by atoms with Crippen molar-refractivity contribution in [1.29, 1.82) is 0 Å². The lowest BCUT2D eigenvalue weighted by Gasteiger charge is -1.85. The average molecular weight is 187 g/mol. The van der Waals surface area contributed by atoms with E-state index in [0.29, 0.717) is 0 Å². The third-order valence-corrected chi connectivity index (χ3v) is 1.52. The molecule has 0 aliphatic rings. The van der Waals surface area contributed by atoms with Crippen molar-refractivity contribution in [3.63, 3.8) is 0 Å². The first-order valence-electron chi connectivity index (χ1n) is 1.80. The van der Waals surface area contributed by atoms with E-state index >= 15 is 0 Å². The number of carbonyl (C=O) groups excluding carboxylic acids is 2. The molecule has 0 bridgehead atoms. The van der Waals surface area contributed by atoms with Gasteiger partial charge in [-0.15, -0.1) is 0 Å². The van der Waals surface area contributed by atoms with E-state index < -0.39 is 10.3 Å². The molecule has 0 fully saturated rings. The lowest BCUT2D eigenvalue weighted by atomic mass is 10.5. The maximum atomic E-state index is 10.1. The van der Waals surface area contributed by atoms with Crippen molar-refractivity contribution < 1.29 is 9.59 Å². The molecule has 0 aliphatic carbocycles. The second kappa shape index (κ2) is 3.88. The number of aldehydes is 1. The molecule has 50 valence electrons. The molecule has 5 heteroatoms. The summed E-state index contributed by atoms with van der Waals surface area (Å²) in [4.78, 5) is 19.8. The maximum Gasteiger partial charge on any atom is 0.265 e. The summed E-state index contributed by atoms with van der Waals surface area (Å²) >= 11 is 15.0. The van der Waals surface area contributed by atoms with E-state index in [4.69, 9.17) is 34.8 Å². The molecule has 9 heavy (non-hydrogen) atoms. The van der Waals surface area contributed by atoms with E-state index in [0.717, 1.165) is 0 Å². The molecular weight excluding hydrogens is 186 g/mol. The van der Waals surface area contributed by atoms with Crippen molar-refractivity contribution in [2.24, 2.45) is 0 Å². The van der Waals surface area contributed by atoms with Gasteiger partial charge in [0.15, 0.2) is 6.29 Å². The van der Waals surface area contributed by atoms with Crippen molar-refractivity contribution in [3.8, 4) is 0 Å². The highest BCUT2D eigenvalue weighted by Crippen LogP contribution is 2.13. The minimum Gasteiger partial charge on any atom is -0.297 e. The Balaban J connectivity index is 4.47. The molecule has 0 rings (SSSR count). The van der Waals surface area contributed by atoms with Gasteiger partial charge in [0, 0.05) is 0 Å². The second-order valence-electron chi connectivity index (χ2n) is 1.05. The predicted octanol–water partition coefficient (Wildman–Crippen LogP) is 1.64. The van der Waals surface area contributed by atoms with Crippen LogP contribution in [0.15, 0.2) is 10.1 Å². The lowest BCUT2D eigenvalue weighted by molar-refractivity contribution is -0.109. The van der Waals surface area contributed by atoms with Gasteiger partial charge in [0.05, 0.1) is 0 Å². The standard InChI is InChI=1S/C4HCl3O2/c5-2(1-8)3(6)4(7)9/h1H/b3-2-. The average Bonchev–Trinajstić information content (AvgIpc) is 1.84. The van der Waals surface area contributed by atoms with Crippen molar-refractivity contribution >= 4 is 46.3 Å². The van der Waals surface area contributed by atoms with E-state index in [1.54, 1.807) is 0 Å². The second-order valence-corrected chi connectivity index (χ2v) is 2.18. The van der Waals surface area contributed by atoms with Crippen molar-refractivity contribution in [2.45, 2.75) is 0 Å². The molecule has 0 atom stereocenters. The van der Waals surface area contributed by atoms with Crippen LogP contribution in [0.4, 0.5) is 0 Å². The molecule has 0 heterocycles. The first kappa shape index (κ1) is 8.95. The van der Waals surface area contributed by atoms with Crippen LogP contribution in [-0.2, 0) is 9.59 Å². The zero-order chi connectivity index (χ0) is 7.44. The van der Waals surface area contributed by atoms with Gasteiger partial charge in [0.2, 0.25) is 0 Å². The number of carbonyl (C=O) groups is 2. The molecule has 0 aliphatic heterocycles. The van der Waals surface area contributed by atoms with Gasteiger partial charge in [-0.05, 0) is 11.6 Å². The molecular formula is C4HCl3O2. The maximum absolute atomic E-state index is 10.1. The normalized spacial score (nSPS) is 12.3.